The van der Waals surface area contributed by atoms with Crippen molar-refractivity contribution in [3.63, 3.8) is 0 Å². The van der Waals surface area contributed by atoms with E-state index in [0.29, 0.717) is 11.6 Å². The Morgan fingerprint density at radius 2 is 2.00 bits per heavy atom. The van der Waals surface area contributed by atoms with Crippen molar-refractivity contribution in [3.05, 3.63) is 54.0 Å². The molecule has 0 saturated carbocycles. The average molecular weight is 330 g/mol. The maximum Gasteiger partial charge on any atom is 0.257 e. The van der Waals surface area contributed by atoms with Crippen LogP contribution in [0.15, 0.2) is 52.2 Å². The molecule has 1 aromatic heterocycles. The van der Waals surface area contributed by atoms with Crippen LogP contribution >= 0.6 is 11.8 Å². The third kappa shape index (κ3) is 4.18. The van der Waals surface area contributed by atoms with Crippen molar-refractivity contribution in [1.82, 2.24) is 10.2 Å². The van der Waals surface area contributed by atoms with Crippen LogP contribution in [0.4, 0.5) is 0 Å². The Balaban J connectivity index is 1.44. The average Bonchev–Trinajstić information content (AvgIpc) is 3.15. The number of amides is 1. The van der Waals surface area contributed by atoms with Crippen molar-refractivity contribution in [2.45, 2.75) is 30.3 Å². The normalized spacial score (nSPS) is 15.8. The fourth-order valence-electron chi connectivity index (χ4n) is 2.86. The van der Waals surface area contributed by atoms with Crippen LogP contribution < -0.4 is 5.32 Å². The van der Waals surface area contributed by atoms with E-state index in [0.717, 1.165) is 32.5 Å². The topological polar surface area (TPSA) is 45.5 Å². The molecule has 0 spiro atoms. The third-order valence-corrected chi connectivity index (χ3v) is 5.05. The van der Waals surface area contributed by atoms with Crippen molar-refractivity contribution in [3.8, 4) is 0 Å². The Bertz CT molecular complexity index is 617. The molecule has 0 radical (unpaired) electrons. The van der Waals surface area contributed by atoms with Crippen molar-refractivity contribution >= 4 is 17.7 Å². The van der Waals surface area contributed by atoms with Gasteiger partial charge in [0.1, 0.15) is 6.26 Å². The van der Waals surface area contributed by atoms with Crippen LogP contribution in [0.5, 0.6) is 0 Å². The van der Waals surface area contributed by atoms with Gasteiger partial charge in [-0.25, -0.2) is 0 Å². The van der Waals surface area contributed by atoms with Gasteiger partial charge in [-0.15, -0.1) is 11.8 Å². The zero-order valence-electron chi connectivity index (χ0n) is 13.3. The summed E-state index contributed by atoms with van der Waals surface area (Å²) in [5, 5.41) is 3.61. The van der Waals surface area contributed by atoms with Gasteiger partial charge in [-0.3, -0.25) is 4.79 Å². The number of hydrogen-bond acceptors (Lipinski definition) is 4. The van der Waals surface area contributed by atoms with Crippen molar-refractivity contribution in [1.29, 1.82) is 0 Å². The van der Waals surface area contributed by atoms with E-state index in [9.17, 15) is 4.79 Å². The first-order valence-corrected chi connectivity index (χ1v) is 9.16. The monoisotopic (exact) mass is 330 g/mol. The van der Waals surface area contributed by atoms with Crippen LogP contribution in [0.2, 0.25) is 0 Å². The second-order valence-corrected chi connectivity index (χ2v) is 6.69. The number of furan rings is 1. The first-order valence-electron chi connectivity index (χ1n) is 7.94. The second kappa shape index (κ2) is 7.70. The third-order valence-electron chi connectivity index (χ3n) is 4.30. The summed E-state index contributed by atoms with van der Waals surface area (Å²) in [5.74, 6) is 0.0739. The van der Waals surface area contributed by atoms with E-state index in [1.165, 1.54) is 16.7 Å². The quantitative estimate of drug-likeness (QED) is 0.854. The van der Waals surface area contributed by atoms with Crippen molar-refractivity contribution < 1.29 is 9.21 Å². The van der Waals surface area contributed by atoms with Crippen LogP contribution in [-0.4, -0.2) is 36.2 Å². The molecule has 0 aliphatic carbocycles. The SMILES string of the molecule is CSc1ccc(CNC2CCN(C(=O)c3ccoc3)CC2)cc1. The van der Waals surface area contributed by atoms with Crippen LogP contribution in [-0.2, 0) is 6.54 Å². The fraction of sp³-hybridized carbons (Fsp3) is 0.389. The van der Waals surface area contributed by atoms with Gasteiger partial charge in [0.2, 0.25) is 0 Å². The molecule has 1 saturated heterocycles. The van der Waals surface area contributed by atoms with E-state index in [4.69, 9.17) is 4.42 Å². The lowest BCUT2D eigenvalue weighted by Gasteiger charge is -2.32. The molecule has 1 aromatic carbocycles. The molecule has 23 heavy (non-hydrogen) atoms. The molecule has 2 aromatic rings. The molecule has 1 amide bonds. The van der Waals surface area contributed by atoms with Gasteiger partial charge >= 0.3 is 0 Å². The zero-order valence-corrected chi connectivity index (χ0v) is 14.1. The number of carbonyl (C=O) groups excluding carboxylic acids is 1. The number of thioether (sulfide) groups is 1. The van der Waals surface area contributed by atoms with Crippen LogP contribution in [0, 0.1) is 0 Å². The smallest absolute Gasteiger partial charge is 0.257 e. The highest BCUT2D eigenvalue weighted by Crippen LogP contribution is 2.17. The molecule has 2 heterocycles. The minimum Gasteiger partial charge on any atom is -0.472 e. The van der Waals surface area contributed by atoms with Gasteiger partial charge in [0.05, 0.1) is 11.8 Å². The molecule has 1 aliphatic heterocycles. The molecule has 5 heteroatoms. The second-order valence-electron chi connectivity index (χ2n) is 5.81. The summed E-state index contributed by atoms with van der Waals surface area (Å²) in [6, 6.07) is 10.9. The van der Waals surface area contributed by atoms with E-state index in [2.05, 4.69) is 35.8 Å². The molecular formula is C18H22N2O2S. The van der Waals surface area contributed by atoms with Crippen LogP contribution in [0.25, 0.3) is 0 Å². The number of nitrogens with zero attached hydrogens (tertiary/aromatic N) is 1. The number of rotatable bonds is 5. The van der Waals surface area contributed by atoms with Crippen molar-refractivity contribution in [2.75, 3.05) is 19.3 Å². The predicted molar refractivity (Wildman–Crippen MR) is 92.7 cm³/mol. The number of likely N-dealkylation sites (tertiary alicyclic amines) is 1. The van der Waals surface area contributed by atoms with Gasteiger partial charge < -0.3 is 14.6 Å². The van der Waals surface area contributed by atoms with E-state index in [-0.39, 0.29) is 5.91 Å². The molecule has 0 unspecified atom stereocenters. The number of hydrogen-bond donors (Lipinski definition) is 1. The summed E-state index contributed by atoms with van der Waals surface area (Å²) in [4.78, 5) is 15.5. The Morgan fingerprint density at radius 3 is 2.61 bits per heavy atom. The summed E-state index contributed by atoms with van der Waals surface area (Å²) in [6.07, 6.45) is 7.14. The Morgan fingerprint density at radius 1 is 1.26 bits per heavy atom. The number of benzene rings is 1. The summed E-state index contributed by atoms with van der Waals surface area (Å²) in [5.41, 5.74) is 1.95. The molecule has 0 atom stereocenters. The molecule has 1 N–H and O–H groups in total. The molecule has 0 bridgehead atoms. The Labute approximate surface area is 141 Å². The minimum atomic E-state index is 0.0739. The van der Waals surface area contributed by atoms with Gasteiger partial charge in [0.15, 0.2) is 0 Å². The Hall–Kier alpha value is -1.72. The summed E-state index contributed by atoms with van der Waals surface area (Å²) < 4.78 is 4.99. The molecule has 122 valence electrons. The lowest BCUT2D eigenvalue weighted by atomic mass is 10.0. The van der Waals surface area contributed by atoms with E-state index in [1.807, 2.05) is 4.90 Å². The van der Waals surface area contributed by atoms with Crippen LogP contribution in [0.3, 0.4) is 0 Å². The predicted octanol–water partition coefficient (Wildman–Crippen LogP) is 3.40. The summed E-state index contributed by atoms with van der Waals surface area (Å²) in [6.45, 7) is 2.48. The van der Waals surface area contributed by atoms with Crippen molar-refractivity contribution in [2.24, 2.45) is 0 Å². The molecule has 3 rings (SSSR count). The van der Waals surface area contributed by atoms with E-state index >= 15 is 0 Å². The fourth-order valence-corrected chi connectivity index (χ4v) is 3.27. The van der Waals surface area contributed by atoms with E-state index < -0.39 is 0 Å². The van der Waals surface area contributed by atoms with Gasteiger partial charge in [-0.05, 0) is 42.9 Å². The first kappa shape index (κ1) is 16.1. The van der Waals surface area contributed by atoms with E-state index in [1.54, 1.807) is 24.1 Å². The lowest BCUT2D eigenvalue weighted by molar-refractivity contribution is 0.0704. The van der Waals surface area contributed by atoms with Gasteiger partial charge in [0.25, 0.3) is 5.91 Å². The highest BCUT2D eigenvalue weighted by molar-refractivity contribution is 7.98. The maximum atomic E-state index is 12.3. The highest BCUT2D eigenvalue weighted by atomic mass is 32.2. The van der Waals surface area contributed by atoms with Gasteiger partial charge in [0, 0.05) is 30.6 Å². The maximum absolute atomic E-state index is 12.3. The first-order chi connectivity index (χ1) is 11.3. The summed E-state index contributed by atoms with van der Waals surface area (Å²) in [7, 11) is 0. The van der Waals surface area contributed by atoms with Gasteiger partial charge in [-0.2, -0.15) is 0 Å². The molecule has 4 nitrogen and oxygen atoms in total. The highest BCUT2D eigenvalue weighted by Gasteiger charge is 2.23. The number of piperidine rings is 1. The summed E-state index contributed by atoms with van der Waals surface area (Å²) >= 11 is 1.76. The minimum absolute atomic E-state index is 0.0739. The molecular weight excluding hydrogens is 308 g/mol. The molecule has 1 fully saturated rings. The number of nitrogens with one attached hydrogen (secondary N) is 1. The Kier molecular flexibility index (Phi) is 5.41. The largest absolute Gasteiger partial charge is 0.472 e. The molecule has 1 aliphatic rings. The zero-order chi connectivity index (χ0) is 16.1. The lowest BCUT2D eigenvalue weighted by Crippen LogP contribution is -2.44. The number of carbonyl (C=O) groups is 1. The van der Waals surface area contributed by atoms with Crippen LogP contribution in [0.1, 0.15) is 28.8 Å². The van der Waals surface area contributed by atoms with Gasteiger partial charge in [-0.1, -0.05) is 12.1 Å². The standard InChI is InChI=1S/C18H22N2O2S/c1-23-17-4-2-14(3-5-17)12-19-16-6-9-20(10-7-16)18(21)15-8-11-22-13-15/h2-5,8,11,13,16,19H,6-7,9-10,12H2,1H3.